The predicted octanol–water partition coefficient (Wildman–Crippen LogP) is 0.241. The van der Waals surface area contributed by atoms with Gasteiger partial charge in [-0.25, -0.2) is 27.9 Å². The number of hydrogen-bond donors (Lipinski definition) is 7. The third kappa shape index (κ3) is 19.2. The van der Waals surface area contributed by atoms with Gasteiger partial charge in [0.2, 0.25) is 27.0 Å². The Labute approximate surface area is 417 Å². The average Bonchev–Trinajstić information content (AvgIpc) is 3.86. The van der Waals surface area contributed by atoms with Gasteiger partial charge in [0.05, 0.1) is 38.1 Å². The molecule has 0 radical (unpaired) electrons. The smallest absolute Gasteiger partial charge is 0.480 e. The number of anilines is 1. The molecule has 25 heteroatoms. The summed E-state index contributed by atoms with van der Waals surface area (Å²) < 4.78 is 24.3. The normalized spacial score (nSPS) is 15.3. The standard InChI is InChI=1S/C43H59N11O11S2.In/c1-30-8-10-31(11-9-30)5-4-7-36(55)45-16-3-2-6-34(41(62)63)47-38(57)27-51-19-23-52(28-39(58)59)21-17-50(18-22-53(24-20-51)29-40(60)61)26-37(56)46-33-14-12-32(13-15-33)35-25-54-42(48-35)66-43(49-54)67(44,64)65;/h8-15,25,34H,2-7,16-24,26-29H2,1H3,(H,45,55)(H,46,56)(H,47,57)(H,58,59)(H,60,61)(H,62,63)(H2,44,64,65);/q;+3/t34-;/m0./s1. The number of benzene rings is 2. The van der Waals surface area contributed by atoms with Crippen molar-refractivity contribution in [2.75, 3.05) is 90.4 Å². The predicted molar refractivity (Wildman–Crippen MR) is 254 cm³/mol. The number of aryl methyl sites for hydroxylation is 2. The summed E-state index contributed by atoms with van der Waals surface area (Å²) >= 11 is 0.831. The first-order valence-electron chi connectivity index (χ1n) is 21.9. The Morgan fingerprint density at radius 2 is 1.28 bits per heavy atom. The van der Waals surface area contributed by atoms with Crippen LogP contribution in [0.4, 0.5) is 5.69 Å². The molecule has 0 bridgehead atoms. The number of imidazole rings is 1. The van der Waals surface area contributed by atoms with Crippen LogP contribution in [0.1, 0.15) is 43.2 Å². The van der Waals surface area contributed by atoms with Crippen LogP contribution in [0, 0.1) is 6.92 Å². The zero-order valence-corrected chi connectivity index (χ0v) is 42.8. The van der Waals surface area contributed by atoms with Crippen molar-refractivity contribution in [2.24, 2.45) is 5.14 Å². The molecule has 3 amide bonds. The molecule has 2 aromatic heterocycles. The van der Waals surface area contributed by atoms with Gasteiger partial charge in [-0.2, -0.15) is 0 Å². The van der Waals surface area contributed by atoms with E-state index in [0.29, 0.717) is 54.1 Å². The molecule has 68 heavy (non-hydrogen) atoms. The fraction of sp³-hybridized carbons (Fsp3) is 0.488. The topological polar surface area (TPSA) is 303 Å². The number of fused-ring (bicyclic) bond motifs is 1. The van der Waals surface area contributed by atoms with Crippen LogP contribution in [0.2, 0.25) is 0 Å². The summed E-state index contributed by atoms with van der Waals surface area (Å²) in [4.78, 5) is 86.5. The molecule has 4 aromatic rings. The summed E-state index contributed by atoms with van der Waals surface area (Å²) in [6.07, 6.45) is 4.53. The summed E-state index contributed by atoms with van der Waals surface area (Å²) in [5.74, 6) is -4.33. The zero-order chi connectivity index (χ0) is 48.5. The molecule has 1 saturated heterocycles. The maximum Gasteiger partial charge on any atom is 3.00 e. The molecule has 0 aliphatic carbocycles. The van der Waals surface area contributed by atoms with Gasteiger partial charge in [0.1, 0.15) is 6.04 Å². The molecule has 1 fully saturated rings. The quantitative estimate of drug-likeness (QED) is 0.0519. The molecule has 1 aliphatic heterocycles. The van der Waals surface area contributed by atoms with Crippen molar-refractivity contribution >= 4 is 93.5 Å². The maximum absolute atomic E-state index is 13.3. The molecule has 2 aromatic carbocycles. The molecule has 22 nitrogen and oxygen atoms in total. The van der Waals surface area contributed by atoms with E-state index in [4.69, 9.17) is 5.14 Å². The Morgan fingerprint density at radius 1 is 0.735 bits per heavy atom. The van der Waals surface area contributed by atoms with Crippen LogP contribution >= 0.6 is 11.3 Å². The van der Waals surface area contributed by atoms with Crippen molar-refractivity contribution < 1.29 is 52.5 Å². The molecule has 364 valence electrons. The summed E-state index contributed by atoms with van der Waals surface area (Å²) in [5.41, 5.74) is 4.03. The van der Waals surface area contributed by atoms with E-state index in [9.17, 15) is 52.5 Å². The van der Waals surface area contributed by atoms with E-state index in [1.807, 2.05) is 36.1 Å². The summed E-state index contributed by atoms with van der Waals surface area (Å²) in [6, 6.07) is 13.8. The number of hydrogen-bond acceptors (Lipinski definition) is 15. The molecule has 0 spiro atoms. The van der Waals surface area contributed by atoms with Gasteiger partial charge in [-0.1, -0.05) is 53.3 Å². The number of nitrogens with one attached hydrogen (secondary N) is 3. The number of primary sulfonamides is 1. The molecule has 1 aliphatic rings. The van der Waals surface area contributed by atoms with Crippen molar-refractivity contribution in [1.82, 2.24) is 44.8 Å². The van der Waals surface area contributed by atoms with Crippen molar-refractivity contribution in [2.45, 2.75) is 55.8 Å². The van der Waals surface area contributed by atoms with Crippen molar-refractivity contribution in [3.05, 3.63) is 65.9 Å². The molecule has 0 saturated carbocycles. The fourth-order valence-corrected chi connectivity index (χ4v) is 8.86. The zero-order valence-electron chi connectivity index (χ0n) is 37.9. The molecule has 1 atom stereocenters. The van der Waals surface area contributed by atoms with Gasteiger partial charge in [-0.15, -0.1) is 5.10 Å². The third-order valence-electron chi connectivity index (χ3n) is 11.0. The van der Waals surface area contributed by atoms with Crippen molar-refractivity contribution in [1.29, 1.82) is 0 Å². The van der Waals surface area contributed by atoms with Crippen LogP contribution in [0.15, 0.2) is 59.1 Å². The number of rotatable bonds is 22. The first-order chi connectivity index (χ1) is 31.9. The number of nitrogens with two attached hydrogens (primary N) is 1. The fourth-order valence-electron chi connectivity index (χ4n) is 7.36. The van der Waals surface area contributed by atoms with Gasteiger partial charge in [-0.3, -0.25) is 43.6 Å². The first kappa shape index (κ1) is 55.6. The Morgan fingerprint density at radius 3 is 1.79 bits per heavy atom. The second kappa shape index (κ2) is 27.2. The van der Waals surface area contributed by atoms with E-state index < -0.39 is 39.9 Å². The monoisotopic (exact) mass is 1080 g/mol. The summed E-state index contributed by atoms with van der Waals surface area (Å²) in [5, 5.41) is 46.8. The molecule has 0 unspecified atom stereocenters. The van der Waals surface area contributed by atoms with E-state index in [-0.39, 0.29) is 127 Å². The largest absolute Gasteiger partial charge is 3.00 e. The molecule has 5 rings (SSSR count). The van der Waals surface area contributed by atoms with Gasteiger partial charge in [0, 0.05) is 76.6 Å². The second-order valence-corrected chi connectivity index (χ2v) is 19.1. The van der Waals surface area contributed by atoms with Crippen LogP contribution < -0.4 is 21.1 Å². The molecule has 3 heterocycles. The van der Waals surface area contributed by atoms with Crippen LogP contribution in [-0.4, -0.2) is 211 Å². The number of carbonyl (C=O) groups is 6. The van der Waals surface area contributed by atoms with Gasteiger partial charge >= 0.3 is 43.8 Å². The number of aromatic nitrogens is 3. The maximum atomic E-state index is 13.3. The van der Waals surface area contributed by atoms with Crippen molar-refractivity contribution in [3.63, 3.8) is 0 Å². The summed E-state index contributed by atoms with van der Waals surface area (Å²) in [7, 11) is -3.97. The van der Waals surface area contributed by atoms with Gasteiger partial charge in [-0.05, 0) is 56.7 Å². The Hall–Kier alpha value is -5.02. The number of carboxylic acid groups (broad SMARTS) is 3. The van der Waals surface area contributed by atoms with Crippen molar-refractivity contribution in [3.8, 4) is 11.3 Å². The molecular formula is C43H59InN11O11S2+3. The van der Waals surface area contributed by atoms with E-state index in [0.717, 1.165) is 17.8 Å². The van der Waals surface area contributed by atoms with Crippen LogP contribution in [0.3, 0.4) is 0 Å². The minimum absolute atomic E-state index is 0. The van der Waals surface area contributed by atoms with Gasteiger partial charge < -0.3 is 31.3 Å². The van der Waals surface area contributed by atoms with Crippen LogP contribution in [-0.2, 0) is 45.2 Å². The second-order valence-electron chi connectivity index (χ2n) is 16.4. The number of carbonyl (C=O) groups excluding carboxylic acids is 3. The summed E-state index contributed by atoms with van der Waals surface area (Å²) in [6.45, 7) is 3.31. The van der Waals surface area contributed by atoms with E-state index in [2.05, 4.69) is 26.0 Å². The Balaban J connectivity index is 0.0000101. The molecular weight excluding hydrogens is 1030 g/mol. The minimum Gasteiger partial charge on any atom is -0.480 e. The Bertz CT molecular complexity index is 2370. The number of sulfonamides is 1. The van der Waals surface area contributed by atoms with Crippen LogP contribution in [0.5, 0.6) is 0 Å². The number of unbranched alkanes of at least 4 members (excludes halogenated alkanes) is 1. The van der Waals surface area contributed by atoms with Crippen LogP contribution in [0.25, 0.3) is 16.2 Å². The van der Waals surface area contributed by atoms with Gasteiger partial charge in [0.15, 0.2) is 0 Å². The minimum atomic E-state index is -3.97. The number of carboxylic acids is 3. The van der Waals surface area contributed by atoms with E-state index in [1.54, 1.807) is 45.2 Å². The number of amides is 3. The average molecular weight is 1080 g/mol. The first-order valence-corrected chi connectivity index (χ1v) is 24.2. The Kier molecular flexibility index (Phi) is 22.3. The third-order valence-corrected chi connectivity index (χ3v) is 13.2. The van der Waals surface area contributed by atoms with Gasteiger partial charge in [0.25, 0.3) is 10.0 Å². The molecule has 8 N–H and O–H groups in total. The number of aliphatic carboxylic acids is 3. The number of nitrogens with zero attached hydrogens (tertiary/aromatic N) is 7. The van der Waals surface area contributed by atoms with E-state index >= 15 is 0 Å². The van der Waals surface area contributed by atoms with E-state index in [1.165, 1.54) is 15.6 Å². The SMILES string of the molecule is Cc1ccc(CCCC(=O)NCCCC[C@H](NC(=O)CN2CCN(CC(=O)O)CCN(CC(=O)Nc3ccc(-c4cn5nc(S(N)(=O)=O)sc5n4)cc3)CCN(CC(=O)O)CC2)C(=O)O)cc1.[In+3].